The fourth-order valence-electron chi connectivity index (χ4n) is 5.19. The van der Waals surface area contributed by atoms with Gasteiger partial charge in [-0.05, 0) is 12.8 Å². The summed E-state index contributed by atoms with van der Waals surface area (Å²) < 4.78 is 66.2. The van der Waals surface area contributed by atoms with E-state index in [4.69, 9.17) is 29.8 Å². The number of hydrogen-bond donors (Lipinski definition) is 7. The van der Waals surface area contributed by atoms with E-state index in [9.17, 15) is 23.9 Å². The third-order valence-electron chi connectivity index (χ3n) is 7.36. The zero-order valence-corrected chi connectivity index (χ0v) is 27.7. The molecule has 19 nitrogen and oxygen atoms in total. The molecule has 6 heterocycles. The number of thioether (sulfide) groups is 1. The molecule has 3 unspecified atom stereocenters. The van der Waals surface area contributed by atoms with Crippen LogP contribution in [-0.2, 0) is 27.4 Å². The molecule has 4 aromatic heterocycles. The summed E-state index contributed by atoms with van der Waals surface area (Å²) in [4.78, 5) is 44.6. The van der Waals surface area contributed by atoms with Gasteiger partial charge in [0.1, 0.15) is 41.3 Å². The number of anilines is 2. The molecule has 0 amide bonds. The summed E-state index contributed by atoms with van der Waals surface area (Å²) in [6, 6.07) is 0. The van der Waals surface area contributed by atoms with Crippen molar-refractivity contribution in [1.82, 2.24) is 39.0 Å². The van der Waals surface area contributed by atoms with Gasteiger partial charge < -0.3 is 26.2 Å². The second-order valence-corrected chi connectivity index (χ2v) is 17.4. The van der Waals surface area contributed by atoms with Crippen molar-refractivity contribution in [2.45, 2.75) is 47.6 Å². The third kappa shape index (κ3) is 6.68. The number of thiol groups is 2. The Hall–Kier alpha value is -2.30. The van der Waals surface area contributed by atoms with Crippen LogP contribution in [0, 0.1) is 0 Å². The Morgan fingerprint density at radius 3 is 2.63 bits per heavy atom. The molecule has 0 saturated carbocycles. The van der Waals surface area contributed by atoms with Gasteiger partial charge in [0, 0.05) is 0 Å². The molecule has 250 valence electrons. The van der Waals surface area contributed by atoms with E-state index in [1.165, 1.54) is 23.5 Å². The van der Waals surface area contributed by atoms with Crippen LogP contribution in [0.15, 0.2) is 23.8 Å². The fraction of sp³-hybridized carbons (Fsp3) is 0.524. The van der Waals surface area contributed by atoms with Crippen LogP contribution in [0.4, 0.5) is 16.2 Å². The van der Waals surface area contributed by atoms with Crippen LogP contribution in [0.1, 0.15) is 24.4 Å². The molecular weight excluding hydrogens is 713 g/mol. The van der Waals surface area contributed by atoms with Crippen molar-refractivity contribution in [3.8, 4) is 0 Å². The molecule has 25 heteroatoms. The Labute approximate surface area is 272 Å². The topological polar surface area (TPSA) is 271 Å². The normalized spacial score (nSPS) is 29.4. The highest BCUT2D eigenvalue weighted by atomic mass is 32.7. The number of fused-ring (bicyclic) bond motifs is 2. The number of nitrogens with one attached hydrogen (secondary N) is 1. The maximum Gasteiger partial charge on any atom is 0.386 e. The van der Waals surface area contributed by atoms with E-state index in [2.05, 4.69) is 54.4 Å². The van der Waals surface area contributed by atoms with Crippen molar-refractivity contribution in [3.63, 3.8) is 0 Å². The van der Waals surface area contributed by atoms with Crippen LogP contribution >= 0.6 is 49.9 Å². The standard InChI is InChI=1S/C21H27FN10O9P2S3/c22-11-9(3-38-42(35,36)44)46-19(32-8-28-13-17(32)29-20(24)30-18(13)34)14(11)41-43(37,45)39-5-21(4-33)2-1-10(40-21)31-7-27-12-15(23)25-6-26-16(12)31/h6-11,14,19,33H,1-5H2,(H,37,45)(H2,23,25,26)(H2,35,36,44)(H3,24,29,30,34)/t9-,10-,11+,14?,19-,21-,43?/m1/s1. The molecule has 4 aromatic rings. The van der Waals surface area contributed by atoms with Crippen LogP contribution in [0.25, 0.3) is 22.3 Å². The van der Waals surface area contributed by atoms with Gasteiger partial charge in [-0.3, -0.25) is 32.5 Å². The minimum Gasteiger partial charge on any atom is -0.393 e. The lowest BCUT2D eigenvalue weighted by Crippen LogP contribution is -2.38. The minimum atomic E-state index is -4.42. The first kappa shape index (κ1) is 33.6. The average Bonchev–Trinajstić information content (AvgIpc) is 3.76. The van der Waals surface area contributed by atoms with E-state index in [-0.39, 0.29) is 29.4 Å². The number of nitrogen functional groups attached to an aromatic ring is 2. The van der Waals surface area contributed by atoms with E-state index in [0.717, 1.165) is 11.8 Å². The molecule has 2 saturated heterocycles. The predicted octanol–water partition coefficient (Wildman–Crippen LogP) is 1.60. The van der Waals surface area contributed by atoms with Gasteiger partial charge in [-0.15, -0.1) is 11.8 Å². The third-order valence-corrected chi connectivity index (χ3v) is 11.3. The van der Waals surface area contributed by atoms with Gasteiger partial charge in [-0.2, -0.15) is 4.98 Å². The summed E-state index contributed by atoms with van der Waals surface area (Å²) in [5.74, 6) is -0.0552. The van der Waals surface area contributed by atoms with E-state index >= 15 is 4.39 Å². The number of nitrogens with zero attached hydrogens (tertiary/aromatic N) is 7. The number of hydrogen-bond acceptors (Lipinski definition) is 16. The van der Waals surface area contributed by atoms with E-state index < -0.39 is 73.7 Å². The number of H-pyrrole nitrogens is 1. The largest absolute Gasteiger partial charge is 0.393 e. The Kier molecular flexibility index (Phi) is 9.22. The lowest BCUT2D eigenvalue weighted by atomic mass is 10.0. The van der Waals surface area contributed by atoms with Crippen LogP contribution in [0.5, 0.6) is 0 Å². The van der Waals surface area contributed by atoms with Crippen LogP contribution in [0.3, 0.4) is 0 Å². The summed E-state index contributed by atoms with van der Waals surface area (Å²) in [5, 5.41) is 8.03. The van der Waals surface area contributed by atoms with Crippen molar-refractivity contribution >= 4 is 83.9 Å². The Bertz CT molecular complexity index is 1930. The van der Waals surface area contributed by atoms with Gasteiger partial charge >= 0.3 is 13.6 Å². The Balaban J connectivity index is 1.21. The van der Waals surface area contributed by atoms with Crippen LogP contribution < -0.4 is 17.0 Å². The van der Waals surface area contributed by atoms with Gasteiger partial charge in [-0.25, -0.2) is 33.5 Å². The van der Waals surface area contributed by atoms with Crippen molar-refractivity contribution < 1.29 is 41.8 Å². The van der Waals surface area contributed by atoms with Gasteiger partial charge in [-0.1, -0.05) is 24.5 Å². The molecule has 0 aliphatic carbocycles. The van der Waals surface area contributed by atoms with Crippen molar-refractivity contribution in [2.75, 3.05) is 31.3 Å². The van der Waals surface area contributed by atoms with Gasteiger partial charge in [0.05, 0.1) is 37.7 Å². The summed E-state index contributed by atoms with van der Waals surface area (Å²) in [6.45, 7) is -10.3. The SMILES string of the molecule is Nc1nc2c(ncn2[C@@H]2S[C@H](COP(=O)(O)S)[C@H](F)C2OP(=O)(S)OC[C@]2(CO)CC[C@H](n3cnc4c(N)ncnc43)O2)c(=O)[nH]1. The molecule has 2 aliphatic rings. The quantitative estimate of drug-likeness (QED) is 0.0850. The van der Waals surface area contributed by atoms with Crippen molar-refractivity contribution in [3.05, 3.63) is 29.3 Å². The number of imidazole rings is 2. The second kappa shape index (κ2) is 12.6. The maximum absolute atomic E-state index is 15.9. The van der Waals surface area contributed by atoms with Crippen molar-refractivity contribution in [1.29, 1.82) is 0 Å². The zero-order chi connectivity index (χ0) is 33.0. The highest BCUT2D eigenvalue weighted by Gasteiger charge is 2.51. The number of rotatable bonds is 11. The Morgan fingerprint density at radius 2 is 1.89 bits per heavy atom. The molecule has 7 N–H and O–H groups in total. The number of aromatic nitrogens is 8. The van der Waals surface area contributed by atoms with E-state index in [1.807, 2.05) is 0 Å². The first-order chi connectivity index (χ1) is 21.7. The summed E-state index contributed by atoms with van der Waals surface area (Å²) in [6.07, 6.45) is 0.374. The molecule has 8 atom stereocenters. The predicted molar refractivity (Wildman–Crippen MR) is 169 cm³/mol. The number of alkyl halides is 1. The second-order valence-electron chi connectivity index (χ2n) is 10.4. The molecule has 6 rings (SSSR count). The number of aromatic amines is 1. The molecule has 46 heavy (non-hydrogen) atoms. The molecule has 0 spiro atoms. The van der Waals surface area contributed by atoms with Gasteiger partial charge in [0.15, 0.2) is 22.6 Å². The summed E-state index contributed by atoms with van der Waals surface area (Å²) in [7, 11) is 0. The fourth-order valence-corrected chi connectivity index (χ4v) is 8.88. The molecule has 0 radical (unpaired) electrons. The zero-order valence-electron chi connectivity index (χ0n) is 23.3. The first-order valence-electron chi connectivity index (χ1n) is 13.3. The van der Waals surface area contributed by atoms with Crippen molar-refractivity contribution in [2.24, 2.45) is 0 Å². The first-order valence-corrected chi connectivity index (χ1v) is 19.7. The smallest absolute Gasteiger partial charge is 0.386 e. The van der Waals surface area contributed by atoms with Gasteiger partial charge in [0.25, 0.3) is 5.56 Å². The summed E-state index contributed by atoms with van der Waals surface area (Å²) in [5.41, 5.74) is 10.2. The number of ether oxygens (including phenoxy) is 1. The molecule has 0 aromatic carbocycles. The summed E-state index contributed by atoms with van der Waals surface area (Å²) >= 11 is 8.41. The van der Waals surface area contributed by atoms with Crippen LogP contribution in [-0.4, -0.2) is 92.0 Å². The number of nitrogens with two attached hydrogens (primary N) is 2. The number of aliphatic hydroxyl groups excluding tert-OH is 1. The highest BCUT2D eigenvalue weighted by Crippen LogP contribution is 2.60. The molecular formula is C21H27FN10O9P2S3. The number of aliphatic hydroxyl groups is 1. The lowest BCUT2D eigenvalue weighted by molar-refractivity contribution is -0.117. The van der Waals surface area contributed by atoms with E-state index in [1.54, 1.807) is 4.57 Å². The monoisotopic (exact) mass is 740 g/mol. The van der Waals surface area contributed by atoms with E-state index in [0.29, 0.717) is 17.6 Å². The van der Waals surface area contributed by atoms with Gasteiger partial charge in [0.2, 0.25) is 5.95 Å². The Morgan fingerprint density at radius 1 is 1.15 bits per heavy atom. The minimum absolute atomic E-state index is 0.0262. The number of halogens is 1. The van der Waals surface area contributed by atoms with Crippen LogP contribution in [0.2, 0.25) is 0 Å². The molecule has 2 aliphatic heterocycles. The lowest BCUT2D eigenvalue weighted by Gasteiger charge is -2.30. The highest BCUT2D eigenvalue weighted by molar-refractivity contribution is 8.44. The maximum atomic E-state index is 15.9. The average molecular weight is 741 g/mol. The molecule has 0 bridgehead atoms. The molecule has 2 fully saturated rings.